The van der Waals surface area contributed by atoms with Crippen molar-refractivity contribution in [3.63, 3.8) is 0 Å². The van der Waals surface area contributed by atoms with Crippen LogP contribution in [0, 0.1) is 0 Å². The summed E-state index contributed by atoms with van der Waals surface area (Å²) in [4.78, 5) is 24.6. The minimum atomic E-state index is -0.444. The number of carbonyl (C=O) groups is 2. The van der Waals surface area contributed by atoms with Crippen molar-refractivity contribution in [2.45, 2.75) is 31.7 Å². The van der Waals surface area contributed by atoms with Crippen LogP contribution < -0.4 is 5.32 Å². The first-order valence-electron chi connectivity index (χ1n) is 7.83. The molecule has 4 nitrogen and oxygen atoms in total. The molecule has 1 saturated carbocycles. The average Bonchev–Trinajstić information content (AvgIpc) is 3.25. The van der Waals surface area contributed by atoms with E-state index in [1.54, 1.807) is 0 Å². The van der Waals surface area contributed by atoms with Crippen LogP contribution in [0.1, 0.15) is 35.4 Å². The molecule has 0 spiro atoms. The van der Waals surface area contributed by atoms with Gasteiger partial charge < -0.3 is 10.1 Å². The lowest BCUT2D eigenvalue weighted by atomic mass is 10.1. The van der Waals surface area contributed by atoms with Gasteiger partial charge in [-0.15, -0.1) is 11.3 Å². The molecular weight excluding hydrogens is 310 g/mol. The van der Waals surface area contributed by atoms with Crippen molar-refractivity contribution >= 4 is 23.2 Å². The number of thiophene rings is 1. The molecule has 2 aromatic rings. The molecule has 1 aromatic heterocycles. The van der Waals surface area contributed by atoms with Gasteiger partial charge in [0.2, 0.25) is 0 Å². The molecule has 0 aliphatic heterocycles. The first kappa shape index (κ1) is 15.7. The van der Waals surface area contributed by atoms with Gasteiger partial charge >= 0.3 is 5.97 Å². The maximum Gasteiger partial charge on any atom is 0.349 e. The molecule has 0 bridgehead atoms. The summed E-state index contributed by atoms with van der Waals surface area (Å²) < 4.78 is 5.18. The lowest BCUT2D eigenvalue weighted by Crippen LogP contribution is -2.35. The van der Waals surface area contributed by atoms with Gasteiger partial charge in [-0.1, -0.05) is 43.2 Å². The summed E-state index contributed by atoms with van der Waals surface area (Å²) >= 11 is 1.33. The smallest absolute Gasteiger partial charge is 0.349 e. The first-order chi connectivity index (χ1) is 11.2. The molecule has 23 heavy (non-hydrogen) atoms. The van der Waals surface area contributed by atoms with Crippen molar-refractivity contribution in [3.05, 3.63) is 46.7 Å². The quantitative estimate of drug-likeness (QED) is 0.852. The third-order valence-electron chi connectivity index (χ3n) is 3.99. The molecule has 0 radical (unpaired) electrons. The van der Waals surface area contributed by atoms with Gasteiger partial charge in [-0.3, -0.25) is 4.79 Å². The van der Waals surface area contributed by atoms with E-state index in [4.69, 9.17) is 4.74 Å². The number of hydrogen-bond acceptors (Lipinski definition) is 4. The van der Waals surface area contributed by atoms with Gasteiger partial charge in [0.25, 0.3) is 5.91 Å². The number of esters is 1. The highest BCUT2D eigenvalue weighted by atomic mass is 32.1. The standard InChI is InChI=1S/C18H19NO3S/c20-16(19-14-8-4-5-9-14)12-22-18(21)17-15(10-11-23-17)13-6-2-1-3-7-13/h1-3,6-7,10-11,14H,4-5,8-9,12H2,(H,19,20). The zero-order valence-electron chi connectivity index (χ0n) is 12.8. The Kier molecular flexibility index (Phi) is 5.08. The Labute approximate surface area is 139 Å². The molecule has 120 valence electrons. The Balaban J connectivity index is 1.59. The van der Waals surface area contributed by atoms with Crippen LogP contribution in [-0.4, -0.2) is 24.5 Å². The molecule has 0 unspecified atom stereocenters. The van der Waals surface area contributed by atoms with E-state index in [2.05, 4.69) is 5.32 Å². The summed E-state index contributed by atoms with van der Waals surface area (Å²) in [6.45, 7) is -0.221. The lowest BCUT2D eigenvalue weighted by Gasteiger charge is -2.12. The average molecular weight is 329 g/mol. The van der Waals surface area contributed by atoms with Gasteiger partial charge in [0.15, 0.2) is 6.61 Å². The predicted molar refractivity (Wildman–Crippen MR) is 90.4 cm³/mol. The largest absolute Gasteiger partial charge is 0.451 e. The van der Waals surface area contributed by atoms with Crippen LogP contribution in [0.4, 0.5) is 0 Å². The highest BCUT2D eigenvalue weighted by Crippen LogP contribution is 2.28. The third kappa shape index (κ3) is 3.99. The van der Waals surface area contributed by atoms with Gasteiger partial charge in [-0.25, -0.2) is 4.79 Å². The Morgan fingerprint density at radius 1 is 1.13 bits per heavy atom. The maximum atomic E-state index is 12.2. The number of rotatable bonds is 5. The minimum Gasteiger partial charge on any atom is -0.451 e. The fourth-order valence-corrected chi connectivity index (χ4v) is 3.66. The number of ether oxygens (including phenoxy) is 1. The summed E-state index contributed by atoms with van der Waals surface area (Å²) in [5.74, 6) is -0.663. The van der Waals surface area contributed by atoms with Crippen LogP contribution in [0.5, 0.6) is 0 Å². The van der Waals surface area contributed by atoms with Crippen LogP contribution in [0.2, 0.25) is 0 Å². The molecule has 1 fully saturated rings. The Bertz CT molecular complexity index is 675. The van der Waals surface area contributed by atoms with Gasteiger partial charge in [0.05, 0.1) is 0 Å². The highest BCUT2D eigenvalue weighted by molar-refractivity contribution is 7.12. The van der Waals surface area contributed by atoms with Crippen LogP contribution in [0.3, 0.4) is 0 Å². The van der Waals surface area contributed by atoms with Gasteiger partial charge in [-0.05, 0) is 29.9 Å². The summed E-state index contributed by atoms with van der Waals surface area (Å²) in [6, 6.07) is 11.8. The number of nitrogens with one attached hydrogen (secondary N) is 1. The maximum absolute atomic E-state index is 12.2. The van der Waals surface area contributed by atoms with Crippen molar-refractivity contribution in [1.82, 2.24) is 5.32 Å². The predicted octanol–water partition coefficient (Wildman–Crippen LogP) is 3.63. The van der Waals surface area contributed by atoms with Crippen molar-refractivity contribution < 1.29 is 14.3 Å². The summed E-state index contributed by atoms with van der Waals surface area (Å²) in [5.41, 5.74) is 1.81. The Morgan fingerprint density at radius 3 is 2.61 bits per heavy atom. The van der Waals surface area contributed by atoms with E-state index in [9.17, 15) is 9.59 Å². The first-order valence-corrected chi connectivity index (χ1v) is 8.71. The van der Waals surface area contributed by atoms with Crippen LogP contribution in [0.25, 0.3) is 11.1 Å². The zero-order valence-corrected chi connectivity index (χ0v) is 13.6. The second kappa shape index (κ2) is 7.42. The fraction of sp³-hybridized carbons (Fsp3) is 0.333. The number of benzene rings is 1. The molecule has 5 heteroatoms. The molecule has 1 heterocycles. The van der Waals surface area contributed by atoms with E-state index < -0.39 is 5.97 Å². The van der Waals surface area contributed by atoms with E-state index in [1.165, 1.54) is 11.3 Å². The second-order valence-corrected chi connectivity index (χ2v) is 6.57. The van der Waals surface area contributed by atoms with Crippen LogP contribution >= 0.6 is 11.3 Å². The number of amides is 1. The molecule has 0 atom stereocenters. The van der Waals surface area contributed by atoms with E-state index in [0.717, 1.165) is 36.8 Å². The molecule has 3 rings (SSSR count). The molecule has 1 N–H and O–H groups in total. The van der Waals surface area contributed by atoms with Gasteiger partial charge in [-0.2, -0.15) is 0 Å². The van der Waals surface area contributed by atoms with Gasteiger partial charge in [0, 0.05) is 11.6 Å². The molecule has 1 aromatic carbocycles. The van der Waals surface area contributed by atoms with Crippen molar-refractivity contribution in [2.75, 3.05) is 6.61 Å². The second-order valence-electron chi connectivity index (χ2n) is 5.65. The number of carbonyl (C=O) groups excluding carboxylic acids is 2. The van der Waals surface area contributed by atoms with Crippen molar-refractivity contribution in [3.8, 4) is 11.1 Å². The lowest BCUT2D eigenvalue weighted by molar-refractivity contribution is -0.124. The Hall–Kier alpha value is -2.14. The van der Waals surface area contributed by atoms with Crippen molar-refractivity contribution in [1.29, 1.82) is 0 Å². The molecule has 1 amide bonds. The Morgan fingerprint density at radius 2 is 1.87 bits per heavy atom. The summed E-state index contributed by atoms with van der Waals surface area (Å²) in [6.07, 6.45) is 4.34. The van der Waals surface area contributed by atoms with Gasteiger partial charge in [0.1, 0.15) is 4.88 Å². The molecule has 1 aliphatic rings. The zero-order chi connectivity index (χ0) is 16.1. The number of hydrogen-bond donors (Lipinski definition) is 1. The molecule has 1 aliphatic carbocycles. The van der Waals surface area contributed by atoms with E-state index in [1.807, 2.05) is 41.8 Å². The topological polar surface area (TPSA) is 55.4 Å². The van der Waals surface area contributed by atoms with Crippen LogP contribution in [-0.2, 0) is 9.53 Å². The SMILES string of the molecule is O=C(COC(=O)c1sccc1-c1ccccc1)NC1CCCC1. The van der Waals surface area contributed by atoms with E-state index in [-0.39, 0.29) is 18.6 Å². The fourth-order valence-electron chi connectivity index (χ4n) is 2.85. The van der Waals surface area contributed by atoms with Crippen molar-refractivity contribution in [2.24, 2.45) is 0 Å². The van der Waals surface area contributed by atoms with E-state index in [0.29, 0.717) is 4.88 Å². The monoisotopic (exact) mass is 329 g/mol. The van der Waals surface area contributed by atoms with Crippen LogP contribution in [0.15, 0.2) is 41.8 Å². The highest BCUT2D eigenvalue weighted by Gasteiger charge is 2.20. The summed E-state index contributed by atoms with van der Waals surface area (Å²) in [5, 5.41) is 4.77. The third-order valence-corrected chi connectivity index (χ3v) is 4.88. The normalized spacial score (nSPS) is 14.6. The minimum absolute atomic E-state index is 0.219. The molecule has 0 saturated heterocycles. The molecular formula is C18H19NO3S. The van der Waals surface area contributed by atoms with E-state index >= 15 is 0 Å². The summed E-state index contributed by atoms with van der Waals surface area (Å²) in [7, 11) is 0.